The van der Waals surface area contributed by atoms with Crippen LogP contribution < -0.4 is 10.6 Å². The number of hydrogen-bond donors (Lipinski definition) is 3. The first-order valence-corrected chi connectivity index (χ1v) is 8.32. The molecule has 116 valence electrons. The standard InChI is InChI=1S/C15H22N2O3S/c1-3-12(10-21-2)16-15(20)17-13-7-5-4-6-11(13)8-9-14(18)19/h4-7,12H,3,8-10H2,1-2H3,(H,18,19)(H2,16,17,20). The normalized spacial score (nSPS) is 11.7. The number of nitrogens with one attached hydrogen (secondary N) is 2. The van der Waals surface area contributed by atoms with Gasteiger partial charge in [-0.05, 0) is 30.7 Å². The number of carbonyl (C=O) groups is 2. The summed E-state index contributed by atoms with van der Waals surface area (Å²) < 4.78 is 0. The van der Waals surface area contributed by atoms with Crippen LogP contribution in [-0.2, 0) is 11.2 Å². The van der Waals surface area contributed by atoms with Crippen LogP contribution in [0, 0.1) is 0 Å². The number of urea groups is 1. The SMILES string of the molecule is CCC(CSC)NC(=O)Nc1ccccc1CCC(=O)O. The number of carboxylic acids is 1. The third-order valence-electron chi connectivity index (χ3n) is 3.07. The smallest absolute Gasteiger partial charge is 0.319 e. The molecule has 0 saturated heterocycles. The average molecular weight is 310 g/mol. The lowest BCUT2D eigenvalue weighted by Gasteiger charge is -2.17. The Balaban J connectivity index is 2.64. The van der Waals surface area contributed by atoms with Crippen molar-refractivity contribution in [2.45, 2.75) is 32.2 Å². The lowest BCUT2D eigenvalue weighted by molar-refractivity contribution is -0.136. The van der Waals surface area contributed by atoms with Crippen molar-refractivity contribution in [1.29, 1.82) is 0 Å². The molecule has 0 bridgehead atoms. The van der Waals surface area contributed by atoms with Gasteiger partial charge in [-0.3, -0.25) is 4.79 Å². The van der Waals surface area contributed by atoms with Crippen molar-refractivity contribution in [2.75, 3.05) is 17.3 Å². The van der Waals surface area contributed by atoms with Crippen molar-refractivity contribution in [3.8, 4) is 0 Å². The molecule has 0 saturated carbocycles. The molecule has 1 unspecified atom stereocenters. The Morgan fingerprint density at radius 3 is 2.67 bits per heavy atom. The highest BCUT2D eigenvalue weighted by Gasteiger charge is 2.11. The maximum Gasteiger partial charge on any atom is 0.319 e. The van der Waals surface area contributed by atoms with Crippen LogP contribution in [0.5, 0.6) is 0 Å². The zero-order chi connectivity index (χ0) is 15.7. The summed E-state index contributed by atoms with van der Waals surface area (Å²) >= 11 is 1.69. The molecule has 6 heteroatoms. The fourth-order valence-corrected chi connectivity index (χ4v) is 2.63. The number of para-hydroxylation sites is 1. The maximum absolute atomic E-state index is 12.0. The van der Waals surface area contributed by atoms with Gasteiger partial charge in [0.25, 0.3) is 0 Å². The lowest BCUT2D eigenvalue weighted by atomic mass is 10.1. The number of rotatable bonds is 8. The van der Waals surface area contributed by atoms with Gasteiger partial charge in [0, 0.05) is 23.9 Å². The van der Waals surface area contributed by atoms with E-state index in [0.717, 1.165) is 17.7 Å². The van der Waals surface area contributed by atoms with Gasteiger partial charge in [0.2, 0.25) is 0 Å². The minimum atomic E-state index is -0.847. The second kappa shape index (κ2) is 9.28. The Kier molecular flexibility index (Phi) is 7.68. The molecular weight excluding hydrogens is 288 g/mol. The van der Waals surface area contributed by atoms with E-state index >= 15 is 0 Å². The Morgan fingerprint density at radius 1 is 1.33 bits per heavy atom. The Bertz CT molecular complexity index is 480. The largest absolute Gasteiger partial charge is 0.481 e. The van der Waals surface area contributed by atoms with Gasteiger partial charge in [0.15, 0.2) is 0 Å². The van der Waals surface area contributed by atoms with Crippen LogP contribution in [0.25, 0.3) is 0 Å². The van der Waals surface area contributed by atoms with Crippen LogP contribution in [0.1, 0.15) is 25.3 Å². The van der Waals surface area contributed by atoms with Crippen LogP contribution in [0.4, 0.5) is 10.5 Å². The number of carboxylic acid groups (broad SMARTS) is 1. The summed E-state index contributed by atoms with van der Waals surface area (Å²) in [5, 5.41) is 14.5. The van der Waals surface area contributed by atoms with Crippen molar-refractivity contribution in [2.24, 2.45) is 0 Å². The molecule has 2 amide bonds. The Labute approximate surface area is 129 Å². The van der Waals surface area contributed by atoms with Gasteiger partial charge in [-0.1, -0.05) is 25.1 Å². The summed E-state index contributed by atoms with van der Waals surface area (Å²) in [4.78, 5) is 22.7. The maximum atomic E-state index is 12.0. The summed E-state index contributed by atoms with van der Waals surface area (Å²) in [6, 6.07) is 7.15. The molecule has 1 rings (SSSR count). The summed E-state index contributed by atoms with van der Waals surface area (Å²) in [5.74, 6) is 0.0187. The zero-order valence-electron chi connectivity index (χ0n) is 12.4. The molecule has 1 aromatic rings. The highest BCUT2D eigenvalue weighted by molar-refractivity contribution is 7.98. The summed E-state index contributed by atoms with van der Waals surface area (Å²) in [6.07, 6.45) is 3.32. The third kappa shape index (κ3) is 6.53. The molecule has 0 aromatic heterocycles. The van der Waals surface area contributed by atoms with Gasteiger partial charge in [-0.15, -0.1) is 0 Å². The molecule has 0 aliphatic rings. The number of anilines is 1. The highest BCUT2D eigenvalue weighted by atomic mass is 32.2. The quantitative estimate of drug-likeness (QED) is 0.690. The number of benzene rings is 1. The number of carbonyl (C=O) groups excluding carboxylic acids is 1. The van der Waals surface area contributed by atoms with E-state index in [2.05, 4.69) is 10.6 Å². The van der Waals surface area contributed by atoms with E-state index in [1.54, 1.807) is 17.8 Å². The van der Waals surface area contributed by atoms with Crippen LogP contribution in [-0.4, -0.2) is 35.2 Å². The van der Waals surface area contributed by atoms with E-state index in [-0.39, 0.29) is 18.5 Å². The van der Waals surface area contributed by atoms with Crippen LogP contribution in [0.15, 0.2) is 24.3 Å². The number of aryl methyl sites for hydroxylation is 1. The molecule has 1 aromatic carbocycles. The highest BCUT2D eigenvalue weighted by Crippen LogP contribution is 2.17. The summed E-state index contributed by atoms with van der Waals surface area (Å²) in [6.45, 7) is 2.03. The fourth-order valence-electron chi connectivity index (χ4n) is 1.91. The first kappa shape index (κ1) is 17.4. The van der Waals surface area contributed by atoms with Gasteiger partial charge in [0.1, 0.15) is 0 Å². The molecule has 21 heavy (non-hydrogen) atoms. The number of hydrogen-bond acceptors (Lipinski definition) is 3. The van der Waals surface area contributed by atoms with Crippen molar-refractivity contribution in [3.63, 3.8) is 0 Å². The van der Waals surface area contributed by atoms with E-state index in [9.17, 15) is 9.59 Å². The first-order valence-electron chi connectivity index (χ1n) is 6.93. The van der Waals surface area contributed by atoms with E-state index < -0.39 is 5.97 Å². The first-order chi connectivity index (χ1) is 10.1. The third-order valence-corrected chi connectivity index (χ3v) is 3.81. The van der Waals surface area contributed by atoms with Gasteiger partial charge in [0.05, 0.1) is 0 Å². The minimum Gasteiger partial charge on any atom is -0.481 e. The summed E-state index contributed by atoms with van der Waals surface area (Å²) in [5.41, 5.74) is 1.49. The second-order valence-electron chi connectivity index (χ2n) is 4.71. The Hall–Kier alpha value is -1.69. The molecule has 0 radical (unpaired) electrons. The molecule has 0 spiro atoms. The minimum absolute atomic E-state index is 0.0460. The van der Waals surface area contributed by atoms with Gasteiger partial charge >= 0.3 is 12.0 Å². The predicted molar refractivity (Wildman–Crippen MR) is 87.0 cm³/mol. The van der Waals surface area contributed by atoms with E-state index in [4.69, 9.17) is 5.11 Å². The van der Waals surface area contributed by atoms with E-state index in [1.807, 2.05) is 31.4 Å². The summed E-state index contributed by atoms with van der Waals surface area (Å²) in [7, 11) is 0. The topological polar surface area (TPSA) is 78.4 Å². The zero-order valence-corrected chi connectivity index (χ0v) is 13.2. The number of aliphatic carboxylic acids is 1. The lowest BCUT2D eigenvalue weighted by Crippen LogP contribution is -2.39. The monoisotopic (exact) mass is 310 g/mol. The van der Waals surface area contributed by atoms with Crippen LogP contribution in [0.2, 0.25) is 0 Å². The van der Waals surface area contributed by atoms with Crippen LogP contribution in [0.3, 0.4) is 0 Å². The molecule has 0 fully saturated rings. The molecule has 0 aliphatic heterocycles. The van der Waals surface area contributed by atoms with E-state index in [1.165, 1.54) is 0 Å². The molecule has 3 N–H and O–H groups in total. The van der Waals surface area contributed by atoms with Gasteiger partial charge in [-0.25, -0.2) is 4.79 Å². The van der Waals surface area contributed by atoms with Crippen molar-refractivity contribution in [3.05, 3.63) is 29.8 Å². The van der Waals surface area contributed by atoms with Crippen molar-refractivity contribution < 1.29 is 14.7 Å². The van der Waals surface area contributed by atoms with Crippen molar-refractivity contribution in [1.82, 2.24) is 5.32 Å². The fraction of sp³-hybridized carbons (Fsp3) is 0.467. The molecule has 5 nitrogen and oxygen atoms in total. The van der Waals surface area contributed by atoms with Crippen LogP contribution >= 0.6 is 11.8 Å². The van der Waals surface area contributed by atoms with Crippen molar-refractivity contribution >= 4 is 29.4 Å². The molecule has 0 aliphatic carbocycles. The number of amides is 2. The van der Waals surface area contributed by atoms with Gasteiger partial charge in [-0.2, -0.15) is 11.8 Å². The molecule has 1 atom stereocenters. The Morgan fingerprint density at radius 2 is 2.05 bits per heavy atom. The van der Waals surface area contributed by atoms with Gasteiger partial charge < -0.3 is 15.7 Å². The molecular formula is C15H22N2O3S. The number of thioether (sulfide) groups is 1. The van der Waals surface area contributed by atoms with E-state index in [0.29, 0.717) is 12.1 Å². The second-order valence-corrected chi connectivity index (χ2v) is 5.62. The molecule has 0 heterocycles. The predicted octanol–water partition coefficient (Wildman–Crippen LogP) is 2.97. The average Bonchev–Trinajstić information content (AvgIpc) is 2.45.